The van der Waals surface area contributed by atoms with E-state index in [0.717, 1.165) is 19.4 Å². The Morgan fingerprint density at radius 2 is 2.18 bits per heavy atom. The summed E-state index contributed by atoms with van der Waals surface area (Å²) < 4.78 is 5.61. The Labute approximate surface area is 136 Å². The first kappa shape index (κ1) is 17.1. The van der Waals surface area contributed by atoms with Crippen molar-refractivity contribution in [2.75, 3.05) is 19.7 Å². The van der Waals surface area contributed by atoms with Gasteiger partial charge in [0.05, 0.1) is 12.1 Å². The molecule has 2 amide bonds. The average Bonchev–Trinajstić information content (AvgIpc) is 2.91. The molecular weight excluding hydrogens is 304 g/mol. The Hall–Kier alpha value is -1.30. The molecular formula is C16H23ClN2O3. The van der Waals surface area contributed by atoms with Crippen LogP contribution in [0.25, 0.3) is 0 Å². The van der Waals surface area contributed by atoms with E-state index in [4.69, 9.17) is 16.3 Å². The van der Waals surface area contributed by atoms with Crippen molar-refractivity contribution >= 4 is 17.6 Å². The number of urea groups is 1. The lowest BCUT2D eigenvalue weighted by Gasteiger charge is -2.27. The number of nitrogens with one attached hydrogen (secondary N) is 2. The van der Waals surface area contributed by atoms with E-state index >= 15 is 0 Å². The monoisotopic (exact) mass is 326 g/mol. The Morgan fingerprint density at radius 3 is 2.82 bits per heavy atom. The van der Waals surface area contributed by atoms with E-state index in [0.29, 0.717) is 17.1 Å². The lowest BCUT2D eigenvalue weighted by molar-refractivity contribution is 0.0224. The highest BCUT2D eigenvalue weighted by Crippen LogP contribution is 2.27. The van der Waals surface area contributed by atoms with Crippen LogP contribution in [0.15, 0.2) is 24.3 Å². The van der Waals surface area contributed by atoms with Crippen LogP contribution in [0.3, 0.4) is 0 Å². The molecule has 1 aromatic rings. The van der Waals surface area contributed by atoms with E-state index in [-0.39, 0.29) is 18.2 Å². The summed E-state index contributed by atoms with van der Waals surface area (Å²) in [6.07, 6.45) is 1.95. The number of benzene rings is 1. The molecule has 1 aromatic carbocycles. The molecule has 0 unspecified atom stereocenters. The second kappa shape index (κ2) is 6.86. The standard InChI is InChI=1S/C16H23ClN2O3/c1-15(8-5-9-22-15)10-18-14(20)19-11-16(2,21)12-6-3-4-7-13(12)17/h3-4,6-7,21H,5,8-11H2,1-2H3,(H2,18,19,20)/t15-,16-/m1/s1. The molecule has 6 heteroatoms. The third kappa shape index (κ3) is 4.35. The zero-order chi connectivity index (χ0) is 16.2. The minimum atomic E-state index is -1.23. The first-order chi connectivity index (χ1) is 10.3. The highest BCUT2D eigenvalue weighted by atomic mass is 35.5. The Balaban J connectivity index is 1.84. The predicted octanol–water partition coefficient (Wildman–Crippen LogP) is 2.42. The number of hydrogen-bond acceptors (Lipinski definition) is 3. The Kier molecular flexibility index (Phi) is 5.32. The molecule has 1 heterocycles. The van der Waals surface area contributed by atoms with Crippen LogP contribution in [-0.2, 0) is 10.3 Å². The van der Waals surface area contributed by atoms with Gasteiger partial charge in [-0.1, -0.05) is 29.8 Å². The van der Waals surface area contributed by atoms with Crippen molar-refractivity contribution in [2.24, 2.45) is 0 Å². The average molecular weight is 327 g/mol. The van der Waals surface area contributed by atoms with Crippen LogP contribution in [0.2, 0.25) is 5.02 Å². The van der Waals surface area contributed by atoms with E-state index in [1.807, 2.05) is 6.92 Å². The molecule has 2 atom stereocenters. The van der Waals surface area contributed by atoms with Gasteiger partial charge in [0.2, 0.25) is 0 Å². The molecule has 122 valence electrons. The summed E-state index contributed by atoms with van der Waals surface area (Å²) >= 11 is 6.08. The van der Waals surface area contributed by atoms with Gasteiger partial charge in [-0.15, -0.1) is 0 Å². The maximum absolute atomic E-state index is 11.9. The van der Waals surface area contributed by atoms with Crippen LogP contribution in [0.5, 0.6) is 0 Å². The zero-order valence-electron chi connectivity index (χ0n) is 13.0. The van der Waals surface area contributed by atoms with Crippen molar-refractivity contribution < 1.29 is 14.6 Å². The van der Waals surface area contributed by atoms with E-state index in [1.54, 1.807) is 31.2 Å². The topological polar surface area (TPSA) is 70.6 Å². The fraction of sp³-hybridized carbons (Fsp3) is 0.562. The second-order valence-corrected chi connectivity index (χ2v) is 6.60. The zero-order valence-corrected chi connectivity index (χ0v) is 13.7. The lowest BCUT2D eigenvalue weighted by atomic mass is 9.96. The van der Waals surface area contributed by atoms with Crippen LogP contribution in [0.1, 0.15) is 32.3 Å². The van der Waals surface area contributed by atoms with Crippen molar-refractivity contribution in [3.05, 3.63) is 34.9 Å². The molecule has 1 fully saturated rings. The van der Waals surface area contributed by atoms with Gasteiger partial charge in [0.1, 0.15) is 5.60 Å². The number of halogens is 1. The summed E-state index contributed by atoms with van der Waals surface area (Å²) in [5, 5.41) is 16.4. The SMILES string of the molecule is C[C@]1(CNC(=O)NC[C@@](C)(O)c2ccccc2Cl)CCCO1. The van der Waals surface area contributed by atoms with E-state index in [1.165, 1.54) is 0 Å². The minimum Gasteiger partial charge on any atom is -0.384 e. The first-order valence-corrected chi connectivity index (χ1v) is 7.83. The van der Waals surface area contributed by atoms with Crippen molar-refractivity contribution in [1.29, 1.82) is 0 Å². The molecule has 5 nitrogen and oxygen atoms in total. The molecule has 0 radical (unpaired) electrons. The van der Waals surface area contributed by atoms with Gasteiger partial charge in [0.25, 0.3) is 0 Å². The quantitative estimate of drug-likeness (QED) is 0.778. The fourth-order valence-electron chi connectivity index (χ4n) is 2.55. The van der Waals surface area contributed by atoms with Crippen molar-refractivity contribution in [3.63, 3.8) is 0 Å². The Bertz CT molecular complexity index is 528. The third-order valence-corrected chi connectivity index (χ3v) is 4.30. The van der Waals surface area contributed by atoms with Gasteiger partial charge in [0.15, 0.2) is 0 Å². The summed E-state index contributed by atoms with van der Waals surface area (Å²) in [6, 6.07) is 6.72. The van der Waals surface area contributed by atoms with Crippen LogP contribution >= 0.6 is 11.6 Å². The smallest absolute Gasteiger partial charge is 0.315 e. The lowest BCUT2D eigenvalue weighted by Crippen LogP contribution is -2.47. The Morgan fingerprint density at radius 1 is 1.45 bits per heavy atom. The van der Waals surface area contributed by atoms with Gasteiger partial charge in [-0.3, -0.25) is 0 Å². The van der Waals surface area contributed by atoms with Crippen molar-refractivity contribution in [3.8, 4) is 0 Å². The third-order valence-electron chi connectivity index (χ3n) is 3.97. The van der Waals surface area contributed by atoms with Gasteiger partial charge in [-0.05, 0) is 32.8 Å². The maximum atomic E-state index is 11.9. The summed E-state index contributed by atoms with van der Waals surface area (Å²) in [6.45, 7) is 4.87. The fourth-order valence-corrected chi connectivity index (χ4v) is 2.89. The summed E-state index contributed by atoms with van der Waals surface area (Å²) in [4.78, 5) is 11.9. The van der Waals surface area contributed by atoms with E-state index in [9.17, 15) is 9.90 Å². The molecule has 2 rings (SSSR count). The molecule has 0 saturated carbocycles. The summed E-state index contributed by atoms with van der Waals surface area (Å²) in [7, 11) is 0. The number of amides is 2. The normalized spacial score (nSPS) is 23.8. The molecule has 0 bridgehead atoms. The molecule has 1 aliphatic rings. The number of carbonyl (C=O) groups is 1. The van der Waals surface area contributed by atoms with Crippen LogP contribution < -0.4 is 10.6 Å². The number of carbonyl (C=O) groups excluding carboxylic acids is 1. The minimum absolute atomic E-state index is 0.0696. The van der Waals surface area contributed by atoms with Gasteiger partial charge in [-0.2, -0.15) is 0 Å². The van der Waals surface area contributed by atoms with Gasteiger partial charge < -0.3 is 20.5 Å². The largest absolute Gasteiger partial charge is 0.384 e. The highest BCUT2D eigenvalue weighted by Gasteiger charge is 2.30. The second-order valence-electron chi connectivity index (χ2n) is 6.19. The molecule has 0 aromatic heterocycles. The number of ether oxygens (including phenoxy) is 1. The van der Waals surface area contributed by atoms with Crippen LogP contribution in [-0.4, -0.2) is 36.4 Å². The molecule has 1 saturated heterocycles. The van der Waals surface area contributed by atoms with Gasteiger partial charge >= 0.3 is 6.03 Å². The first-order valence-electron chi connectivity index (χ1n) is 7.45. The van der Waals surface area contributed by atoms with Crippen LogP contribution in [0.4, 0.5) is 4.79 Å². The summed E-state index contributed by atoms with van der Waals surface area (Å²) in [5.74, 6) is 0. The molecule has 3 N–H and O–H groups in total. The number of hydrogen-bond donors (Lipinski definition) is 3. The van der Waals surface area contributed by atoms with E-state index in [2.05, 4.69) is 10.6 Å². The molecule has 22 heavy (non-hydrogen) atoms. The number of rotatable bonds is 5. The van der Waals surface area contributed by atoms with E-state index < -0.39 is 5.60 Å². The highest BCUT2D eigenvalue weighted by molar-refractivity contribution is 6.31. The molecule has 0 spiro atoms. The van der Waals surface area contributed by atoms with Crippen LogP contribution in [0, 0.1) is 0 Å². The maximum Gasteiger partial charge on any atom is 0.315 e. The number of aliphatic hydroxyl groups is 1. The predicted molar refractivity (Wildman–Crippen MR) is 86.0 cm³/mol. The van der Waals surface area contributed by atoms with Crippen molar-refractivity contribution in [1.82, 2.24) is 10.6 Å². The molecule has 0 aliphatic carbocycles. The summed E-state index contributed by atoms with van der Waals surface area (Å²) in [5.41, 5.74) is -0.936. The van der Waals surface area contributed by atoms with Gasteiger partial charge in [-0.25, -0.2) is 4.79 Å². The molecule has 1 aliphatic heterocycles. The van der Waals surface area contributed by atoms with Crippen molar-refractivity contribution in [2.45, 2.75) is 37.9 Å². The van der Waals surface area contributed by atoms with Gasteiger partial charge in [0, 0.05) is 23.7 Å².